The monoisotopic (exact) mass is 287 g/mol. The molecule has 4 nitrogen and oxygen atoms in total. The van der Waals surface area contributed by atoms with Gasteiger partial charge in [0.1, 0.15) is 5.75 Å². The summed E-state index contributed by atoms with van der Waals surface area (Å²) in [5.74, 6) is 1.27. The largest absolute Gasteiger partial charge is 0.482 e. The zero-order chi connectivity index (χ0) is 14.8. The maximum atomic E-state index is 14.0. The first kappa shape index (κ1) is 13.8. The van der Waals surface area contributed by atoms with Crippen LogP contribution < -0.4 is 10.1 Å². The van der Waals surface area contributed by atoms with Crippen molar-refractivity contribution in [2.45, 2.75) is 32.8 Å². The highest BCUT2D eigenvalue weighted by atomic mass is 19.1. The lowest BCUT2D eigenvalue weighted by molar-refractivity contribution is 0.227. The predicted molar refractivity (Wildman–Crippen MR) is 79.0 cm³/mol. The summed E-state index contributed by atoms with van der Waals surface area (Å²) >= 11 is 0. The summed E-state index contributed by atoms with van der Waals surface area (Å²) in [6, 6.07) is 7.88. The van der Waals surface area contributed by atoms with E-state index in [1.165, 1.54) is 0 Å². The molecule has 1 atom stereocenters. The molecule has 2 aromatic rings. The molecule has 0 saturated heterocycles. The van der Waals surface area contributed by atoms with Gasteiger partial charge in [0.2, 0.25) is 0 Å². The zero-order valence-electron chi connectivity index (χ0n) is 12.2. The minimum absolute atomic E-state index is 0.246. The Morgan fingerprint density at radius 1 is 1.33 bits per heavy atom. The fraction of sp³-hybridized carbons (Fsp3) is 0.375. The lowest BCUT2D eigenvalue weighted by Crippen LogP contribution is -2.14. The molecule has 0 bridgehead atoms. The zero-order valence-corrected chi connectivity index (χ0v) is 12.2. The fourth-order valence-corrected chi connectivity index (χ4v) is 2.41. The van der Waals surface area contributed by atoms with E-state index in [9.17, 15) is 4.39 Å². The second-order valence-electron chi connectivity index (χ2n) is 5.17. The number of hydrogen-bond acceptors (Lipinski definition) is 4. The third-order valence-corrected chi connectivity index (χ3v) is 3.51. The molecule has 0 fully saturated rings. The van der Waals surface area contributed by atoms with Crippen molar-refractivity contribution in [3.8, 4) is 5.75 Å². The van der Waals surface area contributed by atoms with Crippen LogP contribution in [0, 0.1) is 12.7 Å². The second kappa shape index (κ2) is 5.68. The van der Waals surface area contributed by atoms with Crippen LogP contribution in [0.3, 0.4) is 0 Å². The molecule has 1 aromatic carbocycles. The molecular formula is C16H18FN3O. The average Bonchev–Trinajstić information content (AvgIpc) is 2.92. The fourth-order valence-electron chi connectivity index (χ4n) is 2.41. The molecule has 0 amide bonds. The van der Waals surface area contributed by atoms with E-state index in [4.69, 9.17) is 4.74 Å². The highest BCUT2D eigenvalue weighted by Crippen LogP contribution is 2.35. The Hall–Kier alpha value is -2.17. The van der Waals surface area contributed by atoms with Gasteiger partial charge >= 0.3 is 0 Å². The van der Waals surface area contributed by atoms with E-state index < -0.39 is 0 Å². The van der Waals surface area contributed by atoms with Gasteiger partial charge in [0, 0.05) is 13.0 Å². The van der Waals surface area contributed by atoms with Crippen molar-refractivity contribution in [2.75, 3.05) is 11.9 Å². The smallest absolute Gasteiger partial charge is 0.186 e. The Balaban J connectivity index is 1.88. The molecular weight excluding hydrogens is 269 g/mol. The van der Waals surface area contributed by atoms with Crippen LogP contribution in [0.15, 0.2) is 24.3 Å². The summed E-state index contributed by atoms with van der Waals surface area (Å²) in [5, 5.41) is 3.01. The molecule has 0 aliphatic carbocycles. The van der Waals surface area contributed by atoms with Gasteiger partial charge in [-0.1, -0.05) is 25.1 Å². The summed E-state index contributed by atoms with van der Waals surface area (Å²) in [5.41, 5.74) is 1.48. The van der Waals surface area contributed by atoms with Gasteiger partial charge in [0.15, 0.2) is 23.6 Å². The van der Waals surface area contributed by atoms with Crippen LogP contribution in [0.25, 0.3) is 0 Å². The van der Waals surface area contributed by atoms with Crippen LogP contribution in [0.2, 0.25) is 0 Å². The number of aromatic nitrogens is 2. The number of halogens is 1. The second-order valence-corrected chi connectivity index (χ2v) is 5.17. The summed E-state index contributed by atoms with van der Waals surface area (Å²) in [4.78, 5) is 8.57. The molecule has 0 radical (unpaired) electrons. The number of fused-ring (bicyclic) bond motifs is 1. The Kier molecular flexibility index (Phi) is 3.73. The molecule has 1 aromatic heterocycles. The summed E-state index contributed by atoms with van der Waals surface area (Å²) in [7, 11) is 0. The highest BCUT2D eigenvalue weighted by molar-refractivity contribution is 5.41. The van der Waals surface area contributed by atoms with Gasteiger partial charge in [-0.05, 0) is 25.0 Å². The standard InChI is InChI=1S/C16H18FN3O/c1-3-8-18-16-14(17)10(2)19-15(20-16)13-9-11-6-4-5-7-12(11)21-13/h4-7,13H,3,8-9H2,1-2H3,(H,18,19,20). The van der Waals surface area contributed by atoms with Crippen LogP contribution >= 0.6 is 0 Å². The van der Waals surface area contributed by atoms with Gasteiger partial charge in [0.05, 0.1) is 5.69 Å². The van der Waals surface area contributed by atoms with E-state index in [-0.39, 0.29) is 17.7 Å². The Labute approximate surface area is 123 Å². The summed E-state index contributed by atoms with van der Waals surface area (Å²) in [6.45, 7) is 4.36. The number of nitrogens with zero attached hydrogens (tertiary/aromatic N) is 2. The van der Waals surface area contributed by atoms with Crippen LogP contribution in [-0.4, -0.2) is 16.5 Å². The first-order valence-electron chi connectivity index (χ1n) is 7.21. The van der Waals surface area contributed by atoms with Crippen molar-refractivity contribution < 1.29 is 9.13 Å². The normalized spacial score (nSPS) is 16.4. The minimum atomic E-state index is -0.386. The van der Waals surface area contributed by atoms with Gasteiger partial charge in [0.25, 0.3) is 0 Å². The average molecular weight is 287 g/mol. The van der Waals surface area contributed by atoms with Crippen LogP contribution in [0.5, 0.6) is 5.75 Å². The van der Waals surface area contributed by atoms with E-state index >= 15 is 0 Å². The quantitative estimate of drug-likeness (QED) is 0.936. The Morgan fingerprint density at radius 3 is 2.90 bits per heavy atom. The molecule has 0 saturated carbocycles. The third-order valence-electron chi connectivity index (χ3n) is 3.51. The molecule has 5 heteroatoms. The number of benzene rings is 1. The van der Waals surface area contributed by atoms with Crippen molar-refractivity contribution >= 4 is 5.82 Å². The van der Waals surface area contributed by atoms with Crippen molar-refractivity contribution in [3.63, 3.8) is 0 Å². The first-order chi connectivity index (χ1) is 10.2. The van der Waals surface area contributed by atoms with E-state index in [0.29, 0.717) is 24.5 Å². The van der Waals surface area contributed by atoms with E-state index in [1.807, 2.05) is 31.2 Å². The molecule has 21 heavy (non-hydrogen) atoms. The third kappa shape index (κ3) is 2.68. The maximum absolute atomic E-state index is 14.0. The van der Waals surface area contributed by atoms with E-state index in [2.05, 4.69) is 15.3 Å². The van der Waals surface area contributed by atoms with Crippen LogP contribution in [0.1, 0.15) is 36.5 Å². The van der Waals surface area contributed by atoms with Crippen LogP contribution in [0.4, 0.5) is 10.2 Å². The molecule has 0 spiro atoms. The van der Waals surface area contributed by atoms with Gasteiger partial charge in [-0.25, -0.2) is 14.4 Å². The molecule has 3 rings (SSSR count). The minimum Gasteiger partial charge on any atom is -0.482 e. The van der Waals surface area contributed by atoms with Gasteiger partial charge in [-0.15, -0.1) is 0 Å². The first-order valence-corrected chi connectivity index (χ1v) is 7.21. The number of aryl methyl sites for hydroxylation is 1. The summed E-state index contributed by atoms with van der Waals surface area (Å²) < 4.78 is 19.9. The van der Waals surface area contributed by atoms with Crippen molar-refractivity contribution in [3.05, 3.63) is 47.2 Å². The van der Waals surface area contributed by atoms with Gasteiger partial charge < -0.3 is 10.1 Å². The molecule has 2 heterocycles. The van der Waals surface area contributed by atoms with Gasteiger partial charge in [-0.2, -0.15) is 0 Å². The number of para-hydroxylation sites is 1. The molecule has 1 aliphatic heterocycles. The number of ether oxygens (including phenoxy) is 1. The van der Waals surface area contributed by atoms with Crippen molar-refractivity contribution in [1.82, 2.24) is 9.97 Å². The van der Waals surface area contributed by atoms with Crippen molar-refractivity contribution in [1.29, 1.82) is 0 Å². The number of anilines is 1. The van der Waals surface area contributed by atoms with Crippen LogP contribution in [-0.2, 0) is 6.42 Å². The SMILES string of the molecule is CCCNc1nc(C2Cc3ccccc3O2)nc(C)c1F. The topological polar surface area (TPSA) is 47.0 Å². The number of rotatable bonds is 4. The molecule has 1 unspecified atom stereocenters. The molecule has 110 valence electrons. The lowest BCUT2D eigenvalue weighted by Gasteiger charge is -2.13. The highest BCUT2D eigenvalue weighted by Gasteiger charge is 2.27. The lowest BCUT2D eigenvalue weighted by atomic mass is 10.1. The molecule has 1 aliphatic rings. The number of hydrogen-bond donors (Lipinski definition) is 1. The maximum Gasteiger partial charge on any atom is 0.186 e. The summed E-state index contributed by atoms with van der Waals surface area (Å²) in [6.07, 6.45) is 1.38. The Morgan fingerprint density at radius 2 is 2.14 bits per heavy atom. The molecule has 1 N–H and O–H groups in total. The van der Waals surface area contributed by atoms with Crippen molar-refractivity contribution in [2.24, 2.45) is 0 Å². The van der Waals surface area contributed by atoms with E-state index in [1.54, 1.807) is 6.92 Å². The predicted octanol–water partition coefficient (Wildman–Crippen LogP) is 3.42. The van der Waals surface area contributed by atoms with E-state index in [0.717, 1.165) is 17.7 Å². The van der Waals surface area contributed by atoms with Gasteiger partial charge in [-0.3, -0.25) is 0 Å². The number of nitrogens with one attached hydrogen (secondary N) is 1. The Bertz CT molecular complexity index is 635.